The molecule has 2 aromatic heterocycles. The monoisotopic (exact) mass is 488 g/mol. The van der Waals surface area contributed by atoms with Crippen LogP contribution in [0.3, 0.4) is 0 Å². The summed E-state index contributed by atoms with van der Waals surface area (Å²) in [5, 5.41) is 2.95. The number of alkyl halides is 1. The third-order valence-electron chi connectivity index (χ3n) is 5.54. The number of imidazole rings is 1. The number of nitrogens with zero attached hydrogens (tertiary/aromatic N) is 3. The largest absolute Gasteiger partial charge is 0.494 e. The molecule has 1 aromatic carbocycles. The van der Waals surface area contributed by atoms with Crippen LogP contribution in [0.15, 0.2) is 54.1 Å². The number of anilines is 1. The lowest BCUT2D eigenvalue weighted by Gasteiger charge is -2.33. The lowest BCUT2D eigenvalue weighted by atomic mass is 9.86. The highest BCUT2D eigenvalue weighted by Gasteiger charge is 2.45. The van der Waals surface area contributed by atoms with Gasteiger partial charge in [-0.2, -0.15) is 4.39 Å². The lowest BCUT2D eigenvalue weighted by Crippen LogP contribution is -2.46. The second-order valence-electron chi connectivity index (χ2n) is 7.84. The van der Waals surface area contributed by atoms with Gasteiger partial charge in [0, 0.05) is 36.3 Å². The Balaban J connectivity index is 1.73. The quantitative estimate of drug-likeness (QED) is 0.445. The molecular weight excluding hydrogens is 465 g/mol. The van der Waals surface area contributed by atoms with Crippen LogP contribution in [0.4, 0.5) is 19.0 Å². The fourth-order valence-electron chi connectivity index (χ4n) is 4.04. The van der Waals surface area contributed by atoms with Gasteiger partial charge in [0.2, 0.25) is 17.6 Å². The first-order valence-corrected chi connectivity index (χ1v) is 10.5. The van der Waals surface area contributed by atoms with Gasteiger partial charge in [-0.1, -0.05) is 5.57 Å². The molecule has 2 heterocycles. The summed E-state index contributed by atoms with van der Waals surface area (Å²) < 4.78 is 56.2. The van der Waals surface area contributed by atoms with Gasteiger partial charge >= 0.3 is 0 Å². The maximum Gasteiger partial charge on any atom is 0.246 e. The fraction of sp³-hybridized carbons (Fsp3) is 0.261. The Bertz CT molecular complexity index is 1360. The van der Waals surface area contributed by atoms with Gasteiger partial charge in [-0.25, -0.2) is 18.7 Å². The number of ether oxygens (including phenoxy) is 2. The zero-order valence-electron chi connectivity index (χ0n) is 18.9. The molecule has 1 aliphatic rings. The zero-order chi connectivity index (χ0) is 25.3. The van der Waals surface area contributed by atoms with Gasteiger partial charge in [-0.15, -0.1) is 0 Å². The molecule has 4 rings (SSSR count). The Morgan fingerprint density at radius 2 is 2.06 bits per heavy atom. The molecule has 12 heteroatoms. The number of carbonyl (C=O) groups excluding carboxylic acids is 1. The number of benzene rings is 1. The molecule has 0 spiro atoms. The third kappa shape index (κ3) is 4.33. The minimum atomic E-state index is -2.53. The van der Waals surface area contributed by atoms with E-state index in [1.807, 2.05) is 0 Å². The molecule has 0 bridgehead atoms. The number of allylic oxidation sites excluding steroid dienone is 1. The van der Waals surface area contributed by atoms with Crippen molar-refractivity contribution in [2.45, 2.75) is 12.8 Å². The first-order chi connectivity index (χ1) is 16.7. The number of nitrogens with two attached hydrogens (primary N) is 2. The summed E-state index contributed by atoms with van der Waals surface area (Å²) in [6.45, 7) is 1.45. The van der Waals surface area contributed by atoms with Crippen LogP contribution >= 0.6 is 0 Å². The Morgan fingerprint density at radius 3 is 2.74 bits per heavy atom. The molecule has 0 aliphatic heterocycles. The van der Waals surface area contributed by atoms with Gasteiger partial charge in [0.1, 0.15) is 5.92 Å². The molecule has 3 aromatic rings. The van der Waals surface area contributed by atoms with E-state index in [2.05, 4.69) is 15.3 Å². The molecule has 0 fully saturated rings. The summed E-state index contributed by atoms with van der Waals surface area (Å²) in [6, 6.07) is 2.69. The van der Waals surface area contributed by atoms with Crippen LogP contribution in [-0.4, -0.2) is 46.4 Å². The van der Waals surface area contributed by atoms with E-state index >= 15 is 4.39 Å². The van der Waals surface area contributed by atoms with Crippen LogP contribution in [-0.2, 0) is 9.53 Å². The summed E-state index contributed by atoms with van der Waals surface area (Å²) in [5.41, 5.74) is 11.9. The van der Waals surface area contributed by atoms with Gasteiger partial charge < -0.3 is 26.3 Å². The molecule has 5 N–H and O–H groups in total. The number of primary amides is 1. The molecule has 0 saturated carbocycles. The Hall–Kier alpha value is -3.90. The summed E-state index contributed by atoms with van der Waals surface area (Å²) >= 11 is 0. The van der Waals surface area contributed by atoms with Crippen molar-refractivity contribution >= 4 is 17.4 Å². The zero-order valence-corrected chi connectivity index (χ0v) is 18.9. The van der Waals surface area contributed by atoms with Crippen molar-refractivity contribution in [1.29, 1.82) is 0 Å². The molecule has 2 unspecified atom stereocenters. The summed E-state index contributed by atoms with van der Waals surface area (Å²) in [7, 11) is 1.24. The Kier molecular flexibility index (Phi) is 6.50. The molecule has 1 amide bonds. The van der Waals surface area contributed by atoms with E-state index in [4.69, 9.17) is 20.9 Å². The van der Waals surface area contributed by atoms with Gasteiger partial charge in [-0.3, -0.25) is 9.20 Å². The molecule has 9 nitrogen and oxygen atoms in total. The second kappa shape index (κ2) is 9.39. The van der Waals surface area contributed by atoms with Crippen LogP contribution < -0.4 is 21.5 Å². The number of rotatable bonds is 8. The normalized spacial score (nSPS) is 19.9. The van der Waals surface area contributed by atoms with Crippen LogP contribution in [0.25, 0.3) is 16.9 Å². The highest BCUT2D eigenvalue weighted by atomic mass is 19.2. The van der Waals surface area contributed by atoms with E-state index in [0.29, 0.717) is 5.57 Å². The number of carbonyl (C=O) groups is 1. The minimum absolute atomic E-state index is 0.0384. The number of nitrogens with one attached hydrogen (secondary N) is 1. The molecule has 184 valence electrons. The molecule has 2 atom stereocenters. The van der Waals surface area contributed by atoms with Crippen molar-refractivity contribution in [2.75, 3.05) is 25.6 Å². The van der Waals surface area contributed by atoms with Gasteiger partial charge in [0.15, 0.2) is 23.0 Å². The highest BCUT2D eigenvalue weighted by Crippen LogP contribution is 2.37. The first kappa shape index (κ1) is 24.2. The van der Waals surface area contributed by atoms with Crippen molar-refractivity contribution in [3.63, 3.8) is 0 Å². The summed E-state index contributed by atoms with van der Waals surface area (Å²) in [5.74, 6) is -7.00. The topological polar surface area (TPSA) is 130 Å². The summed E-state index contributed by atoms with van der Waals surface area (Å²) in [4.78, 5) is 20.4. The number of fused-ring (bicyclic) bond motifs is 1. The average Bonchev–Trinajstić information content (AvgIpc) is 3.24. The van der Waals surface area contributed by atoms with Gasteiger partial charge in [-0.05, 0) is 25.1 Å². The maximum atomic E-state index is 15.7. The van der Waals surface area contributed by atoms with Crippen LogP contribution in [0.5, 0.6) is 5.75 Å². The predicted molar refractivity (Wildman–Crippen MR) is 122 cm³/mol. The standard InChI is InChI=1S/C23H23F3N6O3/c1-12-9-13(10-23(26,35-8-5-27)17(12)20(28)33)31-21-22-30-11-15(32(22)7-6-29-21)14-3-4-16(34-2)19(25)18(14)24/h3-4,6-7,9-11,17H,5,8,27H2,1-2H3,(H2,28,33)(H,29,31). The fourth-order valence-corrected chi connectivity index (χ4v) is 4.04. The van der Waals surface area contributed by atoms with E-state index in [-0.39, 0.29) is 47.3 Å². The molecule has 0 radical (unpaired) electrons. The van der Waals surface area contributed by atoms with Crippen molar-refractivity contribution < 1.29 is 27.4 Å². The number of methoxy groups -OCH3 is 1. The molecule has 0 saturated heterocycles. The lowest BCUT2D eigenvalue weighted by molar-refractivity contribution is -0.154. The number of hydrogen-bond acceptors (Lipinski definition) is 7. The SMILES string of the molecule is COc1ccc(-c2cnc3c(NC4=CC(F)(OCCN)C(C(N)=O)C(C)=C4)nccn23)c(F)c1F. The van der Waals surface area contributed by atoms with Crippen molar-refractivity contribution in [2.24, 2.45) is 17.4 Å². The molecule has 35 heavy (non-hydrogen) atoms. The first-order valence-electron chi connectivity index (χ1n) is 10.5. The summed E-state index contributed by atoms with van der Waals surface area (Å²) in [6.07, 6.45) is 6.91. The number of amides is 1. The number of halogens is 3. The average molecular weight is 488 g/mol. The van der Waals surface area contributed by atoms with Crippen LogP contribution in [0.1, 0.15) is 6.92 Å². The van der Waals surface area contributed by atoms with Crippen molar-refractivity contribution in [3.8, 4) is 17.0 Å². The van der Waals surface area contributed by atoms with Crippen molar-refractivity contribution in [1.82, 2.24) is 14.4 Å². The predicted octanol–water partition coefficient (Wildman–Crippen LogP) is 2.68. The van der Waals surface area contributed by atoms with E-state index in [1.165, 1.54) is 48.3 Å². The Labute approximate surface area is 198 Å². The smallest absolute Gasteiger partial charge is 0.246 e. The second-order valence-corrected chi connectivity index (χ2v) is 7.84. The van der Waals surface area contributed by atoms with E-state index in [0.717, 1.165) is 6.08 Å². The van der Waals surface area contributed by atoms with E-state index < -0.39 is 29.3 Å². The van der Waals surface area contributed by atoms with E-state index in [1.54, 1.807) is 6.92 Å². The highest BCUT2D eigenvalue weighted by molar-refractivity contribution is 5.82. The van der Waals surface area contributed by atoms with Gasteiger partial charge in [0.05, 0.1) is 25.6 Å². The van der Waals surface area contributed by atoms with E-state index in [9.17, 15) is 13.6 Å². The maximum absolute atomic E-state index is 15.7. The number of hydrogen-bond donors (Lipinski definition) is 3. The van der Waals surface area contributed by atoms with Crippen LogP contribution in [0.2, 0.25) is 0 Å². The minimum Gasteiger partial charge on any atom is -0.494 e. The van der Waals surface area contributed by atoms with Gasteiger partial charge in [0.25, 0.3) is 0 Å². The number of aromatic nitrogens is 3. The third-order valence-corrected chi connectivity index (χ3v) is 5.54. The Morgan fingerprint density at radius 1 is 1.29 bits per heavy atom. The molecular formula is C23H23F3N6O3. The van der Waals surface area contributed by atoms with Crippen LogP contribution in [0, 0.1) is 17.6 Å². The molecule has 1 aliphatic carbocycles. The van der Waals surface area contributed by atoms with Crippen molar-refractivity contribution in [3.05, 3.63) is 65.8 Å².